The second kappa shape index (κ2) is 12.8. The molecule has 3 N–H and O–H groups in total. The maximum absolute atomic E-state index is 13.1. The van der Waals surface area contributed by atoms with E-state index in [4.69, 9.17) is 21.7 Å². The highest BCUT2D eigenvalue weighted by molar-refractivity contribution is 9.10. The number of aryl methyl sites for hydroxylation is 2. The van der Waals surface area contributed by atoms with E-state index in [0.717, 1.165) is 33.2 Å². The highest BCUT2D eigenvalue weighted by Crippen LogP contribution is 2.39. The molecule has 0 radical (unpaired) electrons. The fraction of sp³-hybridized carbons (Fsp3) is 0.267. The van der Waals surface area contributed by atoms with Crippen LogP contribution in [-0.4, -0.2) is 56.5 Å². The molecule has 0 bridgehead atoms. The Hall–Kier alpha value is -3.87. The van der Waals surface area contributed by atoms with Crippen LogP contribution in [0.25, 0.3) is 5.00 Å². The fourth-order valence-corrected chi connectivity index (χ4v) is 6.72. The number of halogens is 2. The van der Waals surface area contributed by atoms with Crippen LogP contribution in [0, 0.1) is 20.8 Å². The van der Waals surface area contributed by atoms with Crippen molar-refractivity contribution in [3.05, 3.63) is 96.3 Å². The number of hydrogen-bond donors (Lipinski definition) is 3. The predicted molar refractivity (Wildman–Crippen MR) is 169 cm³/mol. The Morgan fingerprint density at radius 1 is 1.05 bits per heavy atom. The molecule has 4 aromatic rings. The van der Waals surface area contributed by atoms with E-state index < -0.39 is 12.0 Å². The molecule has 0 fully saturated rings. The second-order valence-electron chi connectivity index (χ2n) is 10.1. The Balaban J connectivity index is 1.27. The van der Waals surface area contributed by atoms with Gasteiger partial charge in [-0.1, -0.05) is 23.7 Å². The molecule has 2 amide bonds. The van der Waals surface area contributed by atoms with Gasteiger partial charge in [-0.05, 0) is 79.0 Å². The minimum absolute atomic E-state index is 0.0680. The number of carbonyl (C=O) groups excluding carboxylic acids is 2. The van der Waals surface area contributed by atoms with Crippen LogP contribution in [0.15, 0.2) is 51.9 Å². The molecule has 0 aliphatic carbocycles. The number of benzene rings is 2. The standard InChI is InChI=1S/C30H28BrClN6O4S/c1-15-16(2)43-29-25(15)26(18-5-8-20(32)9-6-18)35-23(27-37-36-17(3)38(27)29)14-24(39)33-11-4-12-34-28(40)19-7-10-21(30(41)42)22(31)13-19/h5-10,13,23H,4,11-12,14H2,1-3H3,(H,33,39)(H,34,40)(H,41,42)/t23-/m0/s1. The molecule has 1 aliphatic heterocycles. The number of carboxylic acid groups (broad SMARTS) is 1. The number of carboxylic acids is 1. The Kier molecular flexibility index (Phi) is 9.09. The van der Waals surface area contributed by atoms with Crippen molar-refractivity contribution in [3.8, 4) is 5.00 Å². The van der Waals surface area contributed by atoms with E-state index in [1.807, 2.05) is 35.8 Å². The third-order valence-electron chi connectivity index (χ3n) is 7.16. The number of hydrogen-bond acceptors (Lipinski definition) is 7. The molecule has 0 spiro atoms. The van der Waals surface area contributed by atoms with Crippen LogP contribution >= 0.6 is 38.9 Å². The Morgan fingerprint density at radius 3 is 2.47 bits per heavy atom. The van der Waals surface area contributed by atoms with Crippen molar-refractivity contribution in [1.82, 2.24) is 25.4 Å². The number of carbonyl (C=O) groups is 3. The number of nitrogens with zero attached hydrogens (tertiary/aromatic N) is 4. The Bertz CT molecular complexity index is 1760. The molecule has 2 aromatic carbocycles. The van der Waals surface area contributed by atoms with Crippen LogP contribution < -0.4 is 10.6 Å². The lowest BCUT2D eigenvalue weighted by Gasteiger charge is -2.13. The van der Waals surface area contributed by atoms with Gasteiger partial charge in [-0.2, -0.15) is 0 Å². The van der Waals surface area contributed by atoms with E-state index in [-0.39, 0.29) is 23.8 Å². The molecule has 1 atom stereocenters. The summed E-state index contributed by atoms with van der Waals surface area (Å²) in [5.41, 5.74) is 4.20. The number of aromatic carboxylic acids is 1. The van der Waals surface area contributed by atoms with Gasteiger partial charge in [-0.3, -0.25) is 19.1 Å². The number of thiophene rings is 1. The average molecular weight is 684 g/mol. The Morgan fingerprint density at radius 2 is 1.77 bits per heavy atom. The summed E-state index contributed by atoms with van der Waals surface area (Å²) in [4.78, 5) is 43.0. The number of fused-ring (bicyclic) bond motifs is 3. The summed E-state index contributed by atoms with van der Waals surface area (Å²) < 4.78 is 2.33. The number of rotatable bonds is 9. The molecular weight excluding hydrogens is 656 g/mol. The van der Waals surface area contributed by atoms with Gasteiger partial charge >= 0.3 is 5.97 Å². The number of aliphatic imine (C=N–C) groups is 1. The summed E-state index contributed by atoms with van der Waals surface area (Å²) in [5, 5.41) is 25.2. The molecule has 3 heterocycles. The van der Waals surface area contributed by atoms with Crippen molar-refractivity contribution < 1.29 is 19.5 Å². The van der Waals surface area contributed by atoms with Crippen molar-refractivity contribution >= 4 is 62.4 Å². The normalized spacial score (nSPS) is 13.9. The smallest absolute Gasteiger partial charge is 0.336 e. The molecule has 0 saturated carbocycles. The van der Waals surface area contributed by atoms with E-state index in [2.05, 4.69) is 50.6 Å². The monoisotopic (exact) mass is 682 g/mol. The van der Waals surface area contributed by atoms with Gasteiger partial charge in [0.25, 0.3) is 5.91 Å². The number of aromatic nitrogens is 3. The van der Waals surface area contributed by atoms with Gasteiger partial charge in [0.15, 0.2) is 5.82 Å². The summed E-state index contributed by atoms with van der Waals surface area (Å²) in [6.45, 7) is 6.72. The van der Waals surface area contributed by atoms with Gasteiger partial charge in [-0.25, -0.2) is 4.79 Å². The SMILES string of the molecule is Cc1sc2c(c1C)C(c1ccc(Cl)cc1)=N[C@@H](CC(=O)NCCCNC(=O)c1ccc(C(=O)O)c(Br)c1)c1nnc(C)n1-2. The number of amides is 2. The molecule has 2 aromatic heterocycles. The highest BCUT2D eigenvalue weighted by atomic mass is 79.9. The third-order valence-corrected chi connectivity index (χ3v) is 9.26. The quantitative estimate of drug-likeness (QED) is 0.197. The Labute approximate surface area is 265 Å². The van der Waals surface area contributed by atoms with Gasteiger partial charge in [0.05, 0.1) is 17.7 Å². The first-order chi connectivity index (χ1) is 20.5. The molecule has 1 aliphatic rings. The second-order valence-corrected chi connectivity index (χ2v) is 12.6. The fourth-order valence-electron chi connectivity index (χ4n) is 4.83. The maximum atomic E-state index is 13.1. The van der Waals surface area contributed by atoms with Gasteiger partial charge in [0, 0.05) is 44.2 Å². The summed E-state index contributed by atoms with van der Waals surface area (Å²) in [6.07, 6.45) is 0.569. The lowest BCUT2D eigenvalue weighted by atomic mass is 9.99. The van der Waals surface area contributed by atoms with E-state index in [1.54, 1.807) is 11.3 Å². The van der Waals surface area contributed by atoms with E-state index in [1.165, 1.54) is 23.1 Å². The third kappa shape index (κ3) is 6.41. The zero-order valence-electron chi connectivity index (χ0n) is 23.6. The first-order valence-corrected chi connectivity index (χ1v) is 15.5. The van der Waals surface area contributed by atoms with E-state index in [9.17, 15) is 14.4 Å². The summed E-state index contributed by atoms with van der Waals surface area (Å²) in [6, 6.07) is 11.2. The van der Waals surface area contributed by atoms with Gasteiger partial charge in [0.2, 0.25) is 5.91 Å². The molecule has 13 heteroatoms. The molecule has 0 unspecified atom stereocenters. The lowest BCUT2D eigenvalue weighted by Crippen LogP contribution is -2.30. The van der Waals surface area contributed by atoms with E-state index in [0.29, 0.717) is 40.4 Å². The van der Waals surface area contributed by atoms with Crippen LogP contribution in [0.4, 0.5) is 0 Å². The minimum atomic E-state index is -1.08. The van der Waals surface area contributed by atoms with Crippen LogP contribution in [-0.2, 0) is 4.79 Å². The van der Waals surface area contributed by atoms with Crippen molar-refractivity contribution in [2.75, 3.05) is 13.1 Å². The zero-order valence-corrected chi connectivity index (χ0v) is 26.7. The summed E-state index contributed by atoms with van der Waals surface area (Å²) in [5.74, 6) is -0.294. The van der Waals surface area contributed by atoms with Gasteiger partial charge in [-0.15, -0.1) is 21.5 Å². The first kappa shape index (κ1) is 30.6. The van der Waals surface area contributed by atoms with Gasteiger partial charge < -0.3 is 15.7 Å². The predicted octanol–water partition coefficient (Wildman–Crippen LogP) is 5.59. The van der Waals surface area contributed by atoms with Crippen molar-refractivity contribution in [3.63, 3.8) is 0 Å². The van der Waals surface area contributed by atoms with Crippen LogP contribution in [0.1, 0.15) is 72.8 Å². The molecule has 5 rings (SSSR count). The molecule has 0 saturated heterocycles. The minimum Gasteiger partial charge on any atom is -0.478 e. The topological polar surface area (TPSA) is 139 Å². The first-order valence-electron chi connectivity index (χ1n) is 13.5. The van der Waals surface area contributed by atoms with Gasteiger partial charge in [0.1, 0.15) is 16.9 Å². The maximum Gasteiger partial charge on any atom is 0.336 e. The highest BCUT2D eigenvalue weighted by Gasteiger charge is 2.32. The van der Waals surface area contributed by atoms with Crippen LogP contribution in [0.5, 0.6) is 0 Å². The van der Waals surface area contributed by atoms with Crippen molar-refractivity contribution in [2.24, 2.45) is 4.99 Å². The summed E-state index contributed by atoms with van der Waals surface area (Å²) >= 11 is 11.0. The van der Waals surface area contributed by atoms with Crippen LogP contribution in [0.3, 0.4) is 0 Å². The largest absolute Gasteiger partial charge is 0.478 e. The van der Waals surface area contributed by atoms with Crippen molar-refractivity contribution in [1.29, 1.82) is 0 Å². The van der Waals surface area contributed by atoms with Crippen LogP contribution in [0.2, 0.25) is 5.02 Å². The lowest BCUT2D eigenvalue weighted by molar-refractivity contribution is -0.121. The molecular formula is C30H28BrClN6O4S. The van der Waals surface area contributed by atoms with E-state index >= 15 is 0 Å². The molecule has 43 heavy (non-hydrogen) atoms. The zero-order chi connectivity index (χ0) is 30.8. The average Bonchev–Trinajstić information content (AvgIpc) is 3.44. The molecule has 10 nitrogen and oxygen atoms in total. The number of nitrogens with one attached hydrogen (secondary N) is 2. The summed E-state index contributed by atoms with van der Waals surface area (Å²) in [7, 11) is 0. The van der Waals surface area contributed by atoms with Crippen molar-refractivity contribution in [2.45, 2.75) is 39.7 Å². The molecule has 222 valence electrons.